The van der Waals surface area contributed by atoms with E-state index in [9.17, 15) is 17.2 Å². The Morgan fingerprint density at radius 3 is 2.41 bits per heavy atom. The first-order valence-electron chi connectivity index (χ1n) is 5.67. The quantitative estimate of drug-likeness (QED) is 0.707. The Kier molecular flexibility index (Phi) is 4.93. The smallest absolute Gasteiger partial charge is 0.343 e. The fourth-order valence-electron chi connectivity index (χ4n) is 1.62. The number of methoxy groups -OCH3 is 1. The molecule has 0 aliphatic rings. The van der Waals surface area contributed by atoms with Gasteiger partial charge < -0.3 is 8.92 Å². The first-order valence-corrected chi connectivity index (χ1v) is 8.25. The summed E-state index contributed by atoms with van der Waals surface area (Å²) in [6.45, 7) is 0. The van der Waals surface area contributed by atoms with Gasteiger partial charge in [-0.25, -0.2) is 8.78 Å². The van der Waals surface area contributed by atoms with Gasteiger partial charge in [-0.3, -0.25) is 0 Å². The Morgan fingerprint density at radius 1 is 1.14 bits per heavy atom. The highest BCUT2D eigenvalue weighted by molar-refractivity contribution is 9.10. The molecule has 2 aromatic carbocycles. The van der Waals surface area contributed by atoms with Gasteiger partial charge in [-0.2, -0.15) is 8.42 Å². The van der Waals surface area contributed by atoms with Gasteiger partial charge >= 0.3 is 10.1 Å². The zero-order valence-corrected chi connectivity index (χ0v) is 14.1. The van der Waals surface area contributed by atoms with Gasteiger partial charge in [0.05, 0.1) is 11.6 Å². The van der Waals surface area contributed by atoms with E-state index in [0.717, 1.165) is 18.2 Å². The highest BCUT2D eigenvalue weighted by Crippen LogP contribution is 2.36. The average molecular weight is 414 g/mol. The van der Waals surface area contributed by atoms with Crippen LogP contribution in [0.4, 0.5) is 8.78 Å². The molecule has 0 radical (unpaired) electrons. The van der Waals surface area contributed by atoms with Gasteiger partial charge in [-0.1, -0.05) is 11.6 Å². The molecular formula is C13H8BrClF2O4S. The van der Waals surface area contributed by atoms with Gasteiger partial charge in [0.25, 0.3) is 0 Å². The van der Waals surface area contributed by atoms with Crippen molar-refractivity contribution in [3.63, 3.8) is 0 Å². The predicted molar refractivity (Wildman–Crippen MR) is 79.9 cm³/mol. The third-order valence-electron chi connectivity index (χ3n) is 2.54. The average Bonchev–Trinajstić information content (AvgIpc) is 2.42. The summed E-state index contributed by atoms with van der Waals surface area (Å²) in [5, 5.41) is 0.125. The van der Waals surface area contributed by atoms with Crippen LogP contribution in [0.3, 0.4) is 0 Å². The third-order valence-corrected chi connectivity index (χ3v) is 4.61. The molecule has 0 saturated heterocycles. The Labute approximate surface area is 138 Å². The molecule has 22 heavy (non-hydrogen) atoms. The summed E-state index contributed by atoms with van der Waals surface area (Å²) >= 11 is 8.94. The van der Waals surface area contributed by atoms with Crippen LogP contribution in [-0.2, 0) is 10.1 Å². The number of ether oxygens (including phenoxy) is 1. The van der Waals surface area contributed by atoms with Gasteiger partial charge in [-0.05, 0) is 40.2 Å². The Morgan fingerprint density at radius 2 is 1.82 bits per heavy atom. The zero-order valence-electron chi connectivity index (χ0n) is 10.9. The molecule has 0 saturated carbocycles. The van der Waals surface area contributed by atoms with Crippen LogP contribution in [0.25, 0.3) is 0 Å². The lowest BCUT2D eigenvalue weighted by atomic mass is 10.3. The maximum atomic E-state index is 13.1. The molecule has 0 amide bonds. The Balaban J connectivity index is 2.49. The summed E-state index contributed by atoms with van der Waals surface area (Å²) in [7, 11) is -3.09. The fourth-order valence-corrected chi connectivity index (χ4v) is 3.93. The van der Waals surface area contributed by atoms with E-state index in [1.54, 1.807) is 0 Å². The molecule has 0 fully saturated rings. The second kappa shape index (κ2) is 6.39. The van der Waals surface area contributed by atoms with Crippen LogP contribution in [0.5, 0.6) is 11.5 Å². The molecule has 4 nitrogen and oxygen atoms in total. The summed E-state index contributed by atoms with van der Waals surface area (Å²) in [5.41, 5.74) is 0. The van der Waals surface area contributed by atoms with Crippen LogP contribution in [0.15, 0.2) is 39.7 Å². The highest BCUT2D eigenvalue weighted by Gasteiger charge is 2.25. The van der Waals surface area contributed by atoms with Crippen molar-refractivity contribution < 1.29 is 26.1 Å². The monoisotopic (exact) mass is 412 g/mol. The molecule has 0 N–H and O–H groups in total. The largest absolute Gasteiger partial charge is 0.494 e. The molecule has 0 atom stereocenters. The molecule has 0 aliphatic carbocycles. The Bertz CT molecular complexity index is 827. The van der Waals surface area contributed by atoms with Gasteiger partial charge in [0.1, 0.15) is 5.75 Å². The van der Waals surface area contributed by atoms with Crippen molar-refractivity contribution >= 4 is 37.6 Å². The molecule has 0 bridgehead atoms. The lowest BCUT2D eigenvalue weighted by Gasteiger charge is -2.12. The summed E-state index contributed by atoms with van der Waals surface area (Å²) in [5.74, 6) is -2.75. The lowest BCUT2D eigenvalue weighted by molar-refractivity contribution is 0.395. The number of hydrogen-bond acceptors (Lipinski definition) is 4. The van der Waals surface area contributed by atoms with Gasteiger partial charge in [0.2, 0.25) is 0 Å². The molecule has 0 aromatic heterocycles. The van der Waals surface area contributed by atoms with E-state index in [4.69, 9.17) is 20.5 Å². The van der Waals surface area contributed by atoms with Crippen molar-refractivity contribution in [2.45, 2.75) is 4.90 Å². The number of benzene rings is 2. The normalized spacial score (nSPS) is 11.3. The van der Waals surface area contributed by atoms with Crippen LogP contribution in [0, 0.1) is 11.6 Å². The predicted octanol–water partition coefficient (Wildman–Crippen LogP) is 4.16. The van der Waals surface area contributed by atoms with E-state index >= 15 is 0 Å². The van der Waals surface area contributed by atoms with Crippen molar-refractivity contribution in [1.82, 2.24) is 0 Å². The lowest BCUT2D eigenvalue weighted by Crippen LogP contribution is -2.12. The van der Waals surface area contributed by atoms with E-state index in [-0.39, 0.29) is 21.4 Å². The molecule has 118 valence electrons. The van der Waals surface area contributed by atoms with Crippen molar-refractivity contribution in [1.29, 1.82) is 0 Å². The number of rotatable bonds is 4. The van der Waals surface area contributed by atoms with Crippen LogP contribution in [0.2, 0.25) is 5.02 Å². The topological polar surface area (TPSA) is 52.6 Å². The molecule has 0 spiro atoms. The van der Waals surface area contributed by atoms with Gasteiger partial charge in [0.15, 0.2) is 22.3 Å². The first kappa shape index (κ1) is 17.0. The maximum Gasteiger partial charge on any atom is 0.343 e. The van der Waals surface area contributed by atoms with Gasteiger partial charge in [-0.15, -0.1) is 0 Å². The van der Waals surface area contributed by atoms with Crippen LogP contribution >= 0.6 is 27.5 Å². The van der Waals surface area contributed by atoms with Crippen LogP contribution in [0.1, 0.15) is 0 Å². The summed E-state index contributed by atoms with van der Waals surface area (Å²) in [4.78, 5) is -0.348. The molecular weight excluding hydrogens is 406 g/mol. The third kappa shape index (κ3) is 3.50. The van der Waals surface area contributed by atoms with E-state index in [1.807, 2.05) is 0 Å². The molecule has 9 heteroatoms. The van der Waals surface area contributed by atoms with Crippen LogP contribution < -0.4 is 8.92 Å². The van der Waals surface area contributed by atoms with Crippen molar-refractivity contribution in [2.75, 3.05) is 7.11 Å². The molecule has 0 heterocycles. The first-order chi connectivity index (χ1) is 10.2. The standard InChI is InChI=1S/C13H8BrClF2O4S/c1-20-13-9(14)4-7(15)5-12(13)22(18,19)21-8-2-3-10(16)11(17)6-8/h2-6H,1H3. The van der Waals surface area contributed by atoms with E-state index < -0.39 is 21.8 Å². The second-order valence-electron chi connectivity index (χ2n) is 4.03. The maximum absolute atomic E-state index is 13.1. The fraction of sp³-hybridized carbons (Fsp3) is 0.0769. The SMILES string of the molecule is COc1c(Br)cc(Cl)cc1S(=O)(=O)Oc1ccc(F)c(F)c1. The van der Waals surface area contributed by atoms with Gasteiger partial charge in [0, 0.05) is 11.1 Å². The Hall–Kier alpha value is -1.38. The van der Waals surface area contributed by atoms with Crippen molar-refractivity contribution in [2.24, 2.45) is 0 Å². The number of halogens is 4. The molecule has 0 aliphatic heterocycles. The minimum Gasteiger partial charge on any atom is -0.494 e. The summed E-state index contributed by atoms with van der Waals surface area (Å²) in [6.07, 6.45) is 0. The molecule has 2 aromatic rings. The van der Waals surface area contributed by atoms with E-state index in [2.05, 4.69) is 15.9 Å². The minimum atomic E-state index is -4.36. The van der Waals surface area contributed by atoms with Crippen LogP contribution in [-0.4, -0.2) is 15.5 Å². The number of hydrogen-bond donors (Lipinski definition) is 0. The molecule has 2 rings (SSSR count). The minimum absolute atomic E-state index is 0.0213. The van der Waals surface area contributed by atoms with Crippen molar-refractivity contribution in [3.05, 3.63) is 51.5 Å². The highest BCUT2D eigenvalue weighted by atomic mass is 79.9. The summed E-state index contributed by atoms with van der Waals surface area (Å²) in [6, 6.07) is 4.93. The zero-order chi connectivity index (χ0) is 16.5. The van der Waals surface area contributed by atoms with Crippen molar-refractivity contribution in [3.8, 4) is 11.5 Å². The summed E-state index contributed by atoms with van der Waals surface area (Å²) < 4.78 is 60.6. The second-order valence-corrected chi connectivity index (χ2v) is 6.84. The van der Waals surface area contributed by atoms with E-state index in [0.29, 0.717) is 10.5 Å². The molecule has 0 unspecified atom stereocenters. The van der Waals surface area contributed by atoms with E-state index in [1.165, 1.54) is 13.2 Å².